The monoisotopic (exact) mass is 280 g/mol. The molecule has 2 aromatic carbocycles. The molecule has 1 aliphatic rings. The Bertz CT molecular complexity index is 660. The van der Waals surface area contributed by atoms with E-state index in [1.165, 1.54) is 0 Å². The summed E-state index contributed by atoms with van der Waals surface area (Å²) in [5.41, 5.74) is 2.30. The maximum atomic E-state index is 11.5. The summed E-state index contributed by atoms with van der Waals surface area (Å²) in [5, 5.41) is 21.9. The Morgan fingerprint density at radius 3 is 2.00 bits per heavy atom. The number of aliphatic hydroxyl groups is 2. The largest absolute Gasteiger partial charge is 0.388 e. The standard InChI is InChI=1S/C19H20O2/c1-13-17(15-9-5-3-6-10-15)19(21,14(2)18(13)20)16-11-7-4-8-12-16/h3-12,14,18,20-21H,1-2H3/t14-,18+,19+/m1/s1. The molecular formula is C19H20O2. The highest BCUT2D eigenvalue weighted by molar-refractivity contribution is 5.79. The highest BCUT2D eigenvalue weighted by Gasteiger charge is 2.50. The van der Waals surface area contributed by atoms with Gasteiger partial charge in [-0.05, 0) is 29.2 Å². The molecule has 2 N–H and O–H groups in total. The number of hydrogen-bond acceptors (Lipinski definition) is 2. The molecule has 0 saturated heterocycles. The fourth-order valence-corrected chi connectivity index (χ4v) is 3.43. The second-order valence-electron chi connectivity index (χ2n) is 5.79. The van der Waals surface area contributed by atoms with Crippen LogP contribution in [0.15, 0.2) is 66.2 Å². The fourth-order valence-electron chi connectivity index (χ4n) is 3.43. The van der Waals surface area contributed by atoms with Gasteiger partial charge in [-0.3, -0.25) is 0 Å². The molecule has 0 unspecified atom stereocenters. The smallest absolute Gasteiger partial charge is 0.121 e. The molecule has 3 atom stereocenters. The molecule has 2 heteroatoms. The first-order valence-corrected chi connectivity index (χ1v) is 7.29. The Labute approximate surface area is 125 Å². The van der Waals surface area contributed by atoms with E-state index >= 15 is 0 Å². The van der Waals surface area contributed by atoms with Crippen molar-refractivity contribution in [3.05, 3.63) is 77.4 Å². The minimum absolute atomic E-state index is 0.282. The van der Waals surface area contributed by atoms with Gasteiger partial charge in [-0.15, -0.1) is 0 Å². The molecular weight excluding hydrogens is 260 g/mol. The summed E-state index contributed by atoms with van der Waals surface area (Å²) in [6.07, 6.45) is -0.634. The van der Waals surface area contributed by atoms with Gasteiger partial charge in [-0.2, -0.15) is 0 Å². The summed E-state index contributed by atoms with van der Waals surface area (Å²) in [7, 11) is 0. The summed E-state index contributed by atoms with van der Waals surface area (Å²) < 4.78 is 0. The zero-order valence-electron chi connectivity index (χ0n) is 12.3. The topological polar surface area (TPSA) is 40.5 Å². The van der Waals surface area contributed by atoms with Crippen molar-refractivity contribution in [1.82, 2.24) is 0 Å². The first-order chi connectivity index (χ1) is 10.1. The predicted octanol–water partition coefficient (Wildman–Crippen LogP) is 3.36. The third-order valence-corrected chi connectivity index (χ3v) is 4.63. The van der Waals surface area contributed by atoms with Crippen LogP contribution in [0, 0.1) is 5.92 Å². The number of hydrogen-bond donors (Lipinski definition) is 2. The molecule has 2 aromatic rings. The SMILES string of the molecule is CC1=C(c2ccccc2)[C@@](O)(c2ccccc2)[C@H](C)[C@H]1O. The van der Waals surface area contributed by atoms with Crippen molar-refractivity contribution in [3.8, 4) is 0 Å². The van der Waals surface area contributed by atoms with Gasteiger partial charge in [0, 0.05) is 5.92 Å². The maximum absolute atomic E-state index is 11.5. The van der Waals surface area contributed by atoms with E-state index in [-0.39, 0.29) is 5.92 Å². The first-order valence-electron chi connectivity index (χ1n) is 7.29. The Hall–Kier alpha value is -1.90. The minimum Gasteiger partial charge on any atom is -0.388 e. The van der Waals surface area contributed by atoms with E-state index in [1.54, 1.807) is 0 Å². The Balaban J connectivity index is 2.23. The molecule has 21 heavy (non-hydrogen) atoms. The normalized spacial score (nSPS) is 29.0. The van der Waals surface area contributed by atoms with Gasteiger partial charge in [0.2, 0.25) is 0 Å². The molecule has 0 aliphatic heterocycles. The van der Waals surface area contributed by atoms with Crippen LogP contribution < -0.4 is 0 Å². The summed E-state index contributed by atoms with van der Waals surface area (Å²) in [6, 6.07) is 19.4. The van der Waals surface area contributed by atoms with Crippen molar-refractivity contribution >= 4 is 5.57 Å². The average molecular weight is 280 g/mol. The fraction of sp³-hybridized carbons (Fsp3) is 0.263. The lowest BCUT2D eigenvalue weighted by atomic mass is 9.78. The summed E-state index contributed by atoms with van der Waals surface area (Å²) in [5.74, 6) is -0.282. The van der Waals surface area contributed by atoms with Gasteiger partial charge < -0.3 is 10.2 Å². The predicted molar refractivity (Wildman–Crippen MR) is 84.5 cm³/mol. The number of rotatable bonds is 2. The van der Waals surface area contributed by atoms with Gasteiger partial charge in [0.25, 0.3) is 0 Å². The van der Waals surface area contributed by atoms with Crippen molar-refractivity contribution in [3.63, 3.8) is 0 Å². The molecule has 1 aliphatic carbocycles. The van der Waals surface area contributed by atoms with Crippen LogP contribution in [0.2, 0.25) is 0 Å². The van der Waals surface area contributed by atoms with Crippen molar-refractivity contribution in [2.75, 3.05) is 0 Å². The average Bonchev–Trinajstić information content (AvgIpc) is 2.71. The quantitative estimate of drug-likeness (QED) is 0.885. The van der Waals surface area contributed by atoms with Gasteiger partial charge in [0.05, 0.1) is 6.10 Å². The van der Waals surface area contributed by atoms with E-state index in [0.717, 1.165) is 22.3 Å². The van der Waals surface area contributed by atoms with Crippen molar-refractivity contribution in [2.24, 2.45) is 5.92 Å². The van der Waals surface area contributed by atoms with Crippen LogP contribution in [0.4, 0.5) is 0 Å². The van der Waals surface area contributed by atoms with E-state index in [9.17, 15) is 10.2 Å². The van der Waals surface area contributed by atoms with Gasteiger partial charge in [-0.1, -0.05) is 67.6 Å². The molecule has 0 radical (unpaired) electrons. The molecule has 0 bridgehead atoms. The lowest BCUT2D eigenvalue weighted by molar-refractivity contribution is 0.00424. The Morgan fingerprint density at radius 1 is 0.905 bits per heavy atom. The van der Waals surface area contributed by atoms with Crippen LogP contribution in [-0.2, 0) is 5.60 Å². The van der Waals surface area contributed by atoms with E-state index in [0.29, 0.717) is 0 Å². The molecule has 0 amide bonds. The number of aliphatic hydroxyl groups excluding tert-OH is 1. The maximum Gasteiger partial charge on any atom is 0.121 e. The van der Waals surface area contributed by atoms with E-state index < -0.39 is 11.7 Å². The van der Waals surface area contributed by atoms with Crippen LogP contribution in [0.1, 0.15) is 25.0 Å². The lowest BCUT2D eigenvalue weighted by Gasteiger charge is -2.33. The van der Waals surface area contributed by atoms with Crippen LogP contribution in [0.5, 0.6) is 0 Å². The highest BCUT2D eigenvalue weighted by atomic mass is 16.3. The molecule has 3 rings (SSSR count). The van der Waals surface area contributed by atoms with E-state index in [4.69, 9.17) is 0 Å². The van der Waals surface area contributed by atoms with Crippen LogP contribution >= 0.6 is 0 Å². The van der Waals surface area contributed by atoms with Crippen LogP contribution in [0.3, 0.4) is 0 Å². The summed E-state index contributed by atoms with van der Waals surface area (Å²) >= 11 is 0. The minimum atomic E-state index is -1.16. The molecule has 0 fully saturated rings. The molecule has 108 valence electrons. The molecule has 0 spiro atoms. The molecule has 0 saturated carbocycles. The van der Waals surface area contributed by atoms with E-state index in [2.05, 4.69) is 0 Å². The zero-order valence-corrected chi connectivity index (χ0v) is 12.3. The van der Waals surface area contributed by atoms with E-state index in [1.807, 2.05) is 74.5 Å². The highest BCUT2D eigenvalue weighted by Crippen LogP contribution is 2.51. The Kier molecular flexibility index (Phi) is 3.44. The second kappa shape index (κ2) is 5.14. The van der Waals surface area contributed by atoms with Crippen molar-refractivity contribution in [1.29, 1.82) is 0 Å². The third-order valence-electron chi connectivity index (χ3n) is 4.63. The van der Waals surface area contributed by atoms with Gasteiger partial charge >= 0.3 is 0 Å². The molecule has 2 nitrogen and oxygen atoms in total. The lowest BCUT2D eigenvalue weighted by Crippen LogP contribution is -2.35. The third kappa shape index (κ3) is 2.03. The van der Waals surface area contributed by atoms with Crippen molar-refractivity contribution in [2.45, 2.75) is 25.6 Å². The van der Waals surface area contributed by atoms with Gasteiger partial charge in [0.15, 0.2) is 0 Å². The second-order valence-corrected chi connectivity index (χ2v) is 5.79. The van der Waals surface area contributed by atoms with Gasteiger partial charge in [0.1, 0.15) is 5.60 Å². The number of benzene rings is 2. The first kappa shape index (κ1) is 14.1. The zero-order chi connectivity index (χ0) is 15.0. The van der Waals surface area contributed by atoms with Crippen LogP contribution in [0.25, 0.3) is 5.57 Å². The van der Waals surface area contributed by atoms with Gasteiger partial charge in [-0.25, -0.2) is 0 Å². The molecule has 0 aromatic heterocycles. The van der Waals surface area contributed by atoms with Crippen LogP contribution in [-0.4, -0.2) is 16.3 Å². The summed E-state index contributed by atoms with van der Waals surface area (Å²) in [6.45, 7) is 3.81. The Morgan fingerprint density at radius 2 is 1.43 bits per heavy atom. The molecule has 0 heterocycles. The van der Waals surface area contributed by atoms with Crippen molar-refractivity contribution < 1.29 is 10.2 Å². The summed E-state index contributed by atoms with van der Waals surface area (Å²) in [4.78, 5) is 0.